The highest BCUT2D eigenvalue weighted by Gasteiger charge is 2.41. The quantitative estimate of drug-likeness (QED) is 0.299. The number of fused-ring (bicyclic) bond motifs is 2. The highest BCUT2D eigenvalue weighted by molar-refractivity contribution is 7.92. The summed E-state index contributed by atoms with van der Waals surface area (Å²) in [6.07, 6.45) is 4.73. The van der Waals surface area contributed by atoms with Crippen LogP contribution in [0.25, 0.3) is 10.8 Å². The predicted molar refractivity (Wildman–Crippen MR) is 141 cm³/mol. The number of alkyl halides is 1. The molecule has 0 aliphatic heterocycles. The van der Waals surface area contributed by atoms with Gasteiger partial charge in [-0.05, 0) is 84.5 Å². The topological polar surface area (TPSA) is 96.8 Å². The number of benzene rings is 3. The number of aryl methyl sites for hydroxylation is 1. The molecule has 0 bridgehead atoms. The molecule has 0 saturated heterocycles. The smallest absolute Gasteiger partial charge is 0.335 e. The normalized spacial score (nSPS) is 16.8. The first-order valence-electron chi connectivity index (χ1n) is 12.5. The van der Waals surface area contributed by atoms with Crippen molar-refractivity contribution >= 4 is 32.6 Å². The van der Waals surface area contributed by atoms with Crippen molar-refractivity contribution < 1.29 is 27.4 Å². The van der Waals surface area contributed by atoms with Gasteiger partial charge in [0.1, 0.15) is 11.6 Å². The number of hydrogen-bond donors (Lipinski definition) is 1. The van der Waals surface area contributed by atoms with Gasteiger partial charge in [-0.1, -0.05) is 30.3 Å². The number of pyridine rings is 1. The number of aromatic carboxylic acids is 1. The van der Waals surface area contributed by atoms with Crippen molar-refractivity contribution in [3.63, 3.8) is 0 Å². The van der Waals surface area contributed by atoms with Crippen molar-refractivity contribution in [2.75, 3.05) is 11.2 Å². The summed E-state index contributed by atoms with van der Waals surface area (Å²) in [6, 6.07) is 17.8. The van der Waals surface area contributed by atoms with E-state index in [1.807, 2.05) is 24.3 Å². The Morgan fingerprint density at radius 1 is 1.05 bits per heavy atom. The van der Waals surface area contributed by atoms with Crippen LogP contribution in [0.1, 0.15) is 58.3 Å². The molecule has 38 heavy (non-hydrogen) atoms. The standard InChI is InChI=1S/C29H25FN2O5S/c30-17-37-22-10-13-24-20(15-22)9-14-26(24)32(38(35,36)23-11-7-19(8-12-23)29(33)34)28-27(18-5-6-18)25-4-2-1-3-21(25)16-31-28/h1-4,7-8,10-13,15-16,18,26H,5-6,9,14,17H2,(H,33,34). The Balaban J connectivity index is 1.55. The van der Waals surface area contributed by atoms with Gasteiger partial charge in [0.2, 0.25) is 6.86 Å². The fourth-order valence-electron chi connectivity index (χ4n) is 5.41. The van der Waals surface area contributed by atoms with Crippen LogP contribution in [0.4, 0.5) is 10.2 Å². The minimum Gasteiger partial charge on any atom is -0.478 e. The van der Waals surface area contributed by atoms with Crippen molar-refractivity contribution in [3.05, 3.63) is 95.2 Å². The molecule has 4 aromatic rings. The lowest BCUT2D eigenvalue weighted by Crippen LogP contribution is -2.35. The van der Waals surface area contributed by atoms with Crippen LogP contribution in [0.15, 0.2) is 77.8 Å². The number of rotatable bonds is 8. The summed E-state index contributed by atoms with van der Waals surface area (Å²) in [5.74, 6) is -0.130. The van der Waals surface area contributed by atoms with Crippen molar-refractivity contribution in [3.8, 4) is 5.75 Å². The molecule has 3 aromatic carbocycles. The van der Waals surface area contributed by atoms with Crippen LogP contribution in [0.2, 0.25) is 0 Å². The summed E-state index contributed by atoms with van der Waals surface area (Å²) in [4.78, 5) is 16.1. The van der Waals surface area contributed by atoms with Crippen LogP contribution >= 0.6 is 0 Å². The van der Waals surface area contributed by atoms with Crippen molar-refractivity contribution in [2.24, 2.45) is 0 Å². The van der Waals surface area contributed by atoms with E-state index in [0.717, 1.165) is 40.3 Å². The number of nitrogens with zero attached hydrogens (tertiary/aromatic N) is 2. The molecular formula is C29H25FN2O5S. The molecule has 9 heteroatoms. The number of halogens is 1. The van der Waals surface area contributed by atoms with E-state index in [1.165, 1.54) is 28.6 Å². The zero-order valence-electron chi connectivity index (χ0n) is 20.4. The summed E-state index contributed by atoms with van der Waals surface area (Å²) in [6.45, 7) is -0.944. The zero-order valence-corrected chi connectivity index (χ0v) is 21.2. The van der Waals surface area contributed by atoms with Gasteiger partial charge in [-0.15, -0.1) is 0 Å². The molecule has 0 amide bonds. The third-order valence-corrected chi connectivity index (χ3v) is 9.15. The van der Waals surface area contributed by atoms with Crippen molar-refractivity contribution in [1.82, 2.24) is 4.98 Å². The van der Waals surface area contributed by atoms with Gasteiger partial charge >= 0.3 is 5.97 Å². The maximum Gasteiger partial charge on any atom is 0.335 e. The maximum atomic E-state index is 14.4. The van der Waals surface area contributed by atoms with Gasteiger partial charge in [-0.3, -0.25) is 0 Å². The van der Waals surface area contributed by atoms with Gasteiger partial charge in [0, 0.05) is 17.1 Å². The molecule has 1 saturated carbocycles. The van der Waals surface area contributed by atoms with Crippen LogP contribution < -0.4 is 9.04 Å². The molecule has 1 heterocycles. The molecule has 2 aliphatic carbocycles. The highest BCUT2D eigenvalue weighted by atomic mass is 32.2. The van der Waals surface area contributed by atoms with E-state index in [4.69, 9.17) is 9.72 Å². The minimum atomic E-state index is -4.15. The Hall–Kier alpha value is -3.98. The number of anilines is 1. The maximum absolute atomic E-state index is 14.4. The fraction of sp³-hybridized carbons (Fsp3) is 0.241. The van der Waals surface area contributed by atoms with Crippen LogP contribution in [-0.4, -0.2) is 31.3 Å². The third kappa shape index (κ3) is 4.16. The van der Waals surface area contributed by atoms with E-state index >= 15 is 0 Å². The minimum absolute atomic E-state index is 0.00426. The summed E-state index contributed by atoms with van der Waals surface area (Å²) in [7, 11) is -4.15. The van der Waals surface area contributed by atoms with E-state index in [0.29, 0.717) is 24.4 Å². The second-order valence-corrected chi connectivity index (χ2v) is 11.5. The molecule has 1 N–H and O–H groups in total. The van der Waals surface area contributed by atoms with Gasteiger partial charge < -0.3 is 9.84 Å². The fourth-order valence-corrected chi connectivity index (χ4v) is 7.04. The van der Waals surface area contributed by atoms with E-state index in [-0.39, 0.29) is 16.4 Å². The molecule has 7 nitrogen and oxygen atoms in total. The number of aromatic nitrogens is 1. The lowest BCUT2D eigenvalue weighted by atomic mass is 10.0. The van der Waals surface area contributed by atoms with Crippen LogP contribution in [-0.2, 0) is 16.4 Å². The van der Waals surface area contributed by atoms with E-state index in [2.05, 4.69) is 0 Å². The van der Waals surface area contributed by atoms with E-state index in [1.54, 1.807) is 24.4 Å². The second kappa shape index (κ2) is 9.40. The first-order chi connectivity index (χ1) is 18.4. The first-order valence-corrected chi connectivity index (χ1v) is 13.9. The molecule has 6 rings (SSSR count). The van der Waals surface area contributed by atoms with Gasteiger partial charge in [0.15, 0.2) is 0 Å². The SMILES string of the molecule is O=C(O)c1ccc(S(=O)(=O)N(c2ncc3ccccc3c2C2CC2)C2CCc3cc(OCF)ccc32)cc1. The number of hydrogen-bond acceptors (Lipinski definition) is 5. The molecule has 1 fully saturated rings. The van der Waals surface area contributed by atoms with E-state index in [9.17, 15) is 22.7 Å². The van der Waals surface area contributed by atoms with Gasteiger partial charge in [-0.25, -0.2) is 26.9 Å². The lowest BCUT2D eigenvalue weighted by Gasteiger charge is -2.32. The van der Waals surface area contributed by atoms with Crippen molar-refractivity contribution in [2.45, 2.75) is 42.5 Å². The number of ether oxygens (including phenoxy) is 1. The Bertz CT molecular complexity index is 1650. The van der Waals surface area contributed by atoms with Crippen LogP contribution in [0.5, 0.6) is 5.75 Å². The van der Waals surface area contributed by atoms with Gasteiger partial charge in [-0.2, -0.15) is 0 Å². The summed E-state index contributed by atoms with van der Waals surface area (Å²) in [5, 5.41) is 11.2. The molecule has 0 spiro atoms. The Morgan fingerprint density at radius 2 is 1.82 bits per heavy atom. The average Bonchev–Trinajstić information content (AvgIpc) is 3.68. The number of carboxylic acid groups (broad SMARTS) is 1. The molecule has 2 aliphatic rings. The predicted octanol–water partition coefficient (Wildman–Crippen LogP) is 6.00. The molecular weight excluding hydrogens is 507 g/mol. The summed E-state index contributed by atoms with van der Waals surface area (Å²) in [5.41, 5.74) is 2.64. The summed E-state index contributed by atoms with van der Waals surface area (Å²) >= 11 is 0. The van der Waals surface area contributed by atoms with Gasteiger partial charge in [0.05, 0.1) is 16.5 Å². The Labute approximate surface area is 219 Å². The highest BCUT2D eigenvalue weighted by Crippen LogP contribution is 2.50. The zero-order chi connectivity index (χ0) is 26.4. The molecule has 1 atom stereocenters. The first kappa shape index (κ1) is 24.4. The largest absolute Gasteiger partial charge is 0.478 e. The van der Waals surface area contributed by atoms with Crippen LogP contribution in [0, 0.1) is 0 Å². The van der Waals surface area contributed by atoms with E-state index < -0.39 is 28.9 Å². The average molecular weight is 533 g/mol. The molecule has 1 aromatic heterocycles. The summed E-state index contributed by atoms with van der Waals surface area (Å²) < 4.78 is 48.0. The van der Waals surface area contributed by atoms with Gasteiger partial charge in [0.25, 0.3) is 10.0 Å². The monoisotopic (exact) mass is 532 g/mol. The molecule has 194 valence electrons. The van der Waals surface area contributed by atoms with Crippen molar-refractivity contribution in [1.29, 1.82) is 0 Å². The number of carboxylic acids is 1. The molecule has 1 unspecified atom stereocenters. The number of sulfonamides is 1. The second-order valence-electron chi connectivity index (χ2n) is 9.66. The van der Waals surface area contributed by atoms with Crippen LogP contribution in [0.3, 0.4) is 0 Å². The number of carbonyl (C=O) groups is 1. The Kier molecular flexibility index (Phi) is 6.03. The lowest BCUT2D eigenvalue weighted by molar-refractivity contribution is 0.0696. The molecule has 0 radical (unpaired) electrons. The third-order valence-electron chi connectivity index (χ3n) is 7.34. The Morgan fingerprint density at radius 3 is 2.53 bits per heavy atom.